The molecule has 0 spiro atoms. The molecule has 6 nitrogen and oxygen atoms in total. The molecule has 15 heavy (non-hydrogen) atoms. The molecule has 1 aliphatic carbocycles. The van der Waals surface area contributed by atoms with Crippen LogP contribution < -0.4 is 15.8 Å². The molecule has 0 radical (unpaired) electrons. The molecule has 7 heteroatoms. The molecule has 4 N–H and O–H groups in total. The highest BCUT2D eigenvalue weighted by Crippen LogP contribution is 2.28. The fourth-order valence-corrected chi connectivity index (χ4v) is 1.85. The molecule has 1 saturated carbocycles. The lowest BCUT2D eigenvalue weighted by atomic mass is 9.77. The van der Waals surface area contributed by atoms with Crippen LogP contribution in [0.1, 0.15) is 19.3 Å². The van der Waals surface area contributed by atoms with Gasteiger partial charge in [-0.25, -0.2) is 13.1 Å². The van der Waals surface area contributed by atoms with Crippen molar-refractivity contribution >= 4 is 15.9 Å². The topological polar surface area (TPSA) is 101 Å². The van der Waals surface area contributed by atoms with Crippen LogP contribution in [0.3, 0.4) is 0 Å². The lowest BCUT2D eigenvalue weighted by Crippen LogP contribution is -2.59. The Morgan fingerprint density at radius 1 is 1.40 bits per heavy atom. The molecule has 0 aromatic heterocycles. The van der Waals surface area contributed by atoms with Gasteiger partial charge < -0.3 is 11.1 Å². The van der Waals surface area contributed by atoms with Gasteiger partial charge in [0.25, 0.3) is 0 Å². The maximum atomic E-state index is 11.5. The Hall–Kier alpha value is -0.660. The molecule has 0 aliphatic heterocycles. The monoisotopic (exact) mass is 235 g/mol. The molecule has 88 valence electrons. The zero-order valence-corrected chi connectivity index (χ0v) is 9.56. The summed E-state index contributed by atoms with van der Waals surface area (Å²) in [5, 5.41) is 2.61. The molecule has 0 atom stereocenters. The first-order valence-electron chi connectivity index (χ1n) is 4.85. The molecule has 0 aromatic rings. The highest BCUT2D eigenvalue weighted by molar-refractivity contribution is 7.88. The highest BCUT2D eigenvalue weighted by atomic mass is 32.2. The van der Waals surface area contributed by atoms with E-state index in [9.17, 15) is 13.2 Å². The van der Waals surface area contributed by atoms with E-state index in [-0.39, 0.29) is 19.0 Å². The number of rotatable bonds is 5. The zero-order valence-electron chi connectivity index (χ0n) is 8.75. The molecule has 0 bridgehead atoms. The molecule has 0 aromatic carbocycles. The fraction of sp³-hybridized carbons (Fsp3) is 0.875. The van der Waals surface area contributed by atoms with Gasteiger partial charge in [-0.2, -0.15) is 0 Å². The van der Waals surface area contributed by atoms with Gasteiger partial charge in [0.2, 0.25) is 15.9 Å². The molecule has 1 aliphatic rings. The third-order valence-electron chi connectivity index (χ3n) is 2.47. The summed E-state index contributed by atoms with van der Waals surface area (Å²) >= 11 is 0. The molecule has 1 fully saturated rings. The molecule has 0 heterocycles. The van der Waals surface area contributed by atoms with Crippen LogP contribution in [0, 0.1) is 0 Å². The predicted molar refractivity (Wildman–Crippen MR) is 56.6 cm³/mol. The van der Waals surface area contributed by atoms with Gasteiger partial charge in [-0.1, -0.05) is 0 Å². The zero-order chi connectivity index (χ0) is 11.5. The number of carbonyl (C=O) groups excluding carboxylic acids is 1. The summed E-state index contributed by atoms with van der Waals surface area (Å²) in [6, 6.07) is 0. The summed E-state index contributed by atoms with van der Waals surface area (Å²) in [7, 11) is -3.18. The molecular weight excluding hydrogens is 218 g/mol. The minimum Gasteiger partial charge on any atom is -0.353 e. The van der Waals surface area contributed by atoms with Gasteiger partial charge in [-0.05, 0) is 19.3 Å². The summed E-state index contributed by atoms with van der Waals surface area (Å²) in [5.74, 6) is -0.191. The Bertz CT molecular complexity index is 335. The highest BCUT2D eigenvalue weighted by Gasteiger charge is 2.39. The molecule has 0 unspecified atom stereocenters. The Labute approximate surface area is 89.6 Å². The minimum absolute atomic E-state index is 0.191. The Balaban J connectivity index is 2.18. The van der Waals surface area contributed by atoms with Crippen LogP contribution >= 0.6 is 0 Å². The summed E-state index contributed by atoms with van der Waals surface area (Å²) in [6.07, 6.45) is 3.47. The van der Waals surface area contributed by atoms with Crippen molar-refractivity contribution in [3.05, 3.63) is 0 Å². The predicted octanol–water partition coefficient (Wildman–Crippen LogP) is -1.47. The van der Waals surface area contributed by atoms with Gasteiger partial charge >= 0.3 is 0 Å². The van der Waals surface area contributed by atoms with E-state index in [0.29, 0.717) is 12.8 Å². The molecule has 0 saturated heterocycles. The molecular formula is C8H17N3O3S. The maximum absolute atomic E-state index is 11.5. The van der Waals surface area contributed by atoms with Crippen molar-refractivity contribution in [2.75, 3.05) is 19.3 Å². The lowest BCUT2D eigenvalue weighted by molar-refractivity contribution is -0.129. The van der Waals surface area contributed by atoms with Gasteiger partial charge in [0.1, 0.15) is 0 Å². The van der Waals surface area contributed by atoms with Crippen LogP contribution in [0.5, 0.6) is 0 Å². The Kier molecular flexibility index (Phi) is 3.69. The van der Waals surface area contributed by atoms with Crippen LogP contribution in [-0.2, 0) is 14.8 Å². The quantitative estimate of drug-likeness (QED) is 0.506. The van der Waals surface area contributed by atoms with Crippen LogP contribution in [-0.4, -0.2) is 39.2 Å². The van der Waals surface area contributed by atoms with Crippen LogP contribution in [0.25, 0.3) is 0 Å². The first-order valence-corrected chi connectivity index (χ1v) is 6.74. The van der Waals surface area contributed by atoms with Crippen molar-refractivity contribution in [2.45, 2.75) is 24.8 Å². The number of nitrogens with two attached hydrogens (primary N) is 1. The van der Waals surface area contributed by atoms with Gasteiger partial charge in [-0.3, -0.25) is 4.79 Å². The van der Waals surface area contributed by atoms with Gasteiger partial charge in [0.15, 0.2) is 0 Å². The number of carbonyl (C=O) groups is 1. The first kappa shape index (κ1) is 12.4. The number of amides is 1. The van der Waals surface area contributed by atoms with Gasteiger partial charge in [0.05, 0.1) is 11.8 Å². The first-order chi connectivity index (χ1) is 6.83. The largest absolute Gasteiger partial charge is 0.353 e. The second-order valence-electron chi connectivity index (χ2n) is 3.93. The van der Waals surface area contributed by atoms with Crippen molar-refractivity contribution in [1.82, 2.24) is 10.0 Å². The van der Waals surface area contributed by atoms with Crippen molar-refractivity contribution < 1.29 is 13.2 Å². The maximum Gasteiger partial charge on any atom is 0.240 e. The van der Waals surface area contributed by atoms with Crippen LogP contribution in [0.4, 0.5) is 0 Å². The van der Waals surface area contributed by atoms with Gasteiger partial charge in [0, 0.05) is 13.1 Å². The van der Waals surface area contributed by atoms with Crippen molar-refractivity contribution in [1.29, 1.82) is 0 Å². The SMILES string of the molecule is CS(=O)(=O)NCCNC(=O)C1(N)CCC1. The van der Waals surface area contributed by atoms with E-state index < -0.39 is 15.6 Å². The molecule has 1 rings (SSSR count). The number of hydrogen-bond acceptors (Lipinski definition) is 4. The van der Waals surface area contributed by atoms with Crippen molar-refractivity contribution in [3.8, 4) is 0 Å². The average molecular weight is 235 g/mol. The average Bonchev–Trinajstić information content (AvgIpc) is 2.06. The summed E-state index contributed by atoms with van der Waals surface area (Å²) in [4.78, 5) is 11.5. The summed E-state index contributed by atoms with van der Waals surface area (Å²) in [5.41, 5.74) is 5.05. The molecule has 1 amide bonds. The second-order valence-corrected chi connectivity index (χ2v) is 5.77. The number of sulfonamides is 1. The Morgan fingerprint density at radius 2 is 2.00 bits per heavy atom. The number of nitrogens with one attached hydrogen (secondary N) is 2. The minimum atomic E-state index is -3.18. The van der Waals surface area contributed by atoms with Crippen molar-refractivity contribution in [3.63, 3.8) is 0 Å². The third kappa shape index (κ3) is 3.77. The van der Waals surface area contributed by atoms with Crippen LogP contribution in [0.2, 0.25) is 0 Å². The smallest absolute Gasteiger partial charge is 0.240 e. The van der Waals surface area contributed by atoms with E-state index in [1.165, 1.54) is 0 Å². The fourth-order valence-electron chi connectivity index (χ4n) is 1.37. The van der Waals surface area contributed by atoms with Crippen LogP contribution in [0.15, 0.2) is 0 Å². The van der Waals surface area contributed by atoms with Gasteiger partial charge in [-0.15, -0.1) is 0 Å². The summed E-state index contributed by atoms with van der Waals surface area (Å²) in [6.45, 7) is 0.464. The second kappa shape index (κ2) is 4.46. The third-order valence-corrected chi connectivity index (χ3v) is 3.20. The number of hydrogen-bond donors (Lipinski definition) is 3. The van der Waals surface area contributed by atoms with E-state index >= 15 is 0 Å². The lowest BCUT2D eigenvalue weighted by Gasteiger charge is -2.36. The van der Waals surface area contributed by atoms with E-state index in [0.717, 1.165) is 12.7 Å². The van der Waals surface area contributed by atoms with E-state index in [4.69, 9.17) is 5.73 Å². The van der Waals surface area contributed by atoms with Crippen molar-refractivity contribution in [2.24, 2.45) is 5.73 Å². The van der Waals surface area contributed by atoms with E-state index in [1.54, 1.807) is 0 Å². The van der Waals surface area contributed by atoms with E-state index in [1.807, 2.05) is 0 Å². The normalized spacial score (nSPS) is 19.3. The standard InChI is InChI=1S/C8H17N3O3S/c1-15(13,14)11-6-5-10-7(12)8(9)3-2-4-8/h11H,2-6,9H2,1H3,(H,10,12). The van der Waals surface area contributed by atoms with E-state index in [2.05, 4.69) is 10.0 Å². The summed E-state index contributed by atoms with van der Waals surface area (Å²) < 4.78 is 23.7. The Morgan fingerprint density at radius 3 is 2.40 bits per heavy atom.